The second kappa shape index (κ2) is 7.30. The minimum atomic E-state index is 0.242. The number of thiophene rings is 1. The number of pyridine rings is 1. The summed E-state index contributed by atoms with van der Waals surface area (Å²) in [6, 6.07) is 31.4. The van der Waals surface area contributed by atoms with Crippen LogP contribution < -0.4 is 0 Å². The maximum absolute atomic E-state index is 4.78. The average Bonchev–Trinajstić information content (AvgIpc) is 3.53. The molecule has 0 atom stereocenters. The molecule has 0 fully saturated rings. The normalized spacial score (nSPS) is 12.8. The average molecular weight is 495 g/mol. The molecule has 0 aliphatic heterocycles. The number of nitrogens with zero attached hydrogens (tertiary/aromatic N) is 2. The summed E-state index contributed by atoms with van der Waals surface area (Å²) in [4.78, 5) is 4.78. The molecule has 0 spiro atoms. The van der Waals surface area contributed by atoms with Gasteiger partial charge in [-0.15, -0.1) is 11.3 Å². The van der Waals surface area contributed by atoms with E-state index in [0.29, 0.717) is 0 Å². The molecule has 0 amide bonds. The third kappa shape index (κ3) is 3.01. The zero-order valence-corrected chi connectivity index (χ0v) is 22.0. The van der Waals surface area contributed by atoms with Crippen molar-refractivity contribution in [1.82, 2.24) is 9.38 Å². The van der Waals surface area contributed by atoms with Crippen molar-refractivity contribution in [3.05, 3.63) is 96.7 Å². The number of para-hydroxylation sites is 1. The van der Waals surface area contributed by atoms with E-state index in [1.165, 1.54) is 69.4 Å². The van der Waals surface area contributed by atoms with E-state index < -0.39 is 0 Å². The molecule has 2 nitrogen and oxygen atoms in total. The van der Waals surface area contributed by atoms with Crippen molar-refractivity contribution in [3.63, 3.8) is 0 Å². The SMILES string of the molecule is CC(C)(C)Cc1ccnc(-c2ccc3c(c2)c2cc4c5ccccc5sc4c4c5ccccc5n3c24)c1. The van der Waals surface area contributed by atoms with Crippen molar-refractivity contribution < 1.29 is 0 Å². The Morgan fingerprint density at radius 2 is 1.51 bits per heavy atom. The molecule has 37 heavy (non-hydrogen) atoms. The second-order valence-corrected chi connectivity index (χ2v) is 12.5. The summed E-state index contributed by atoms with van der Waals surface area (Å²) in [5, 5.41) is 8.04. The van der Waals surface area contributed by atoms with Crippen LogP contribution in [0.2, 0.25) is 0 Å². The fourth-order valence-corrected chi connectivity index (χ4v) is 7.49. The van der Waals surface area contributed by atoms with Gasteiger partial charge in [0.2, 0.25) is 0 Å². The molecule has 4 aromatic heterocycles. The van der Waals surface area contributed by atoms with Crippen LogP contribution >= 0.6 is 11.3 Å². The van der Waals surface area contributed by atoms with Crippen molar-refractivity contribution >= 4 is 69.6 Å². The van der Waals surface area contributed by atoms with Crippen LogP contribution in [0.5, 0.6) is 0 Å². The van der Waals surface area contributed by atoms with Crippen LogP contribution in [0.25, 0.3) is 69.5 Å². The Hall–Kier alpha value is -3.95. The molecule has 8 rings (SSSR count). The van der Waals surface area contributed by atoms with Crippen LogP contribution in [0, 0.1) is 5.41 Å². The topological polar surface area (TPSA) is 17.3 Å². The van der Waals surface area contributed by atoms with Gasteiger partial charge < -0.3 is 4.40 Å². The first kappa shape index (κ1) is 21.2. The van der Waals surface area contributed by atoms with E-state index in [-0.39, 0.29) is 5.41 Å². The predicted octanol–water partition coefficient (Wildman–Crippen LogP) is 9.86. The van der Waals surface area contributed by atoms with E-state index in [1.807, 2.05) is 17.5 Å². The van der Waals surface area contributed by atoms with Crippen molar-refractivity contribution in [2.75, 3.05) is 0 Å². The van der Waals surface area contributed by atoms with Gasteiger partial charge in [0, 0.05) is 53.5 Å². The van der Waals surface area contributed by atoms with Crippen LogP contribution in [0.4, 0.5) is 0 Å². The highest BCUT2D eigenvalue weighted by Gasteiger charge is 2.22. The summed E-state index contributed by atoms with van der Waals surface area (Å²) in [5.74, 6) is 0. The lowest BCUT2D eigenvalue weighted by Crippen LogP contribution is -2.09. The highest BCUT2D eigenvalue weighted by molar-refractivity contribution is 7.26. The van der Waals surface area contributed by atoms with Gasteiger partial charge >= 0.3 is 0 Å². The number of fused-ring (bicyclic) bond motifs is 10. The van der Waals surface area contributed by atoms with Gasteiger partial charge in [0.1, 0.15) is 0 Å². The van der Waals surface area contributed by atoms with E-state index in [9.17, 15) is 0 Å². The van der Waals surface area contributed by atoms with Gasteiger partial charge in [0.05, 0.1) is 22.2 Å². The van der Waals surface area contributed by atoms with Gasteiger partial charge in [-0.1, -0.05) is 63.2 Å². The molecule has 0 saturated carbocycles. The molecule has 0 aliphatic carbocycles. The number of hydrogen-bond donors (Lipinski definition) is 0. The van der Waals surface area contributed by atoms with Crippen LogP contribution in [0.1, 0.15) is 26.3 Å². The molecular weight excluding hydrogens is 468 g/mol. The molecule has 0 saturated heterocycles. The predicted molar refractivity (Wildman–Crippen MR) is 160 cm³/mol. The third-order valence-corrected chi connectivity index (χ3v) is 8.87. The van der Waals surface area contributed by atoms with E-state index in [4.69, 9.17) is 4.98 Å². The lowest BCUT2D eigenvalue weighted by Gasteiger charge is -2.18. The van der Waals surface area contributed by atoms with Crippen molar-refractivity contribution in [2.45, 2.75) is 27.2 Å². The van der Waals surface area contributed by atoms with E-state index in [2.05, 4.69) is 110 Å². The molecule has 0 unspecified atom stereocenters. The van der Waals surface area contributed by atoms with Gasteiger partial charge in [-0.3, -0.25) is 4.98 Å². The fourth-order valence-electron chi connectivity index (χ4n) is 6.25. The fraction of sp³-hybridized carbons (Fsp3) is 0.147. The van der Waals surface area contributed by atoms with Crippen LogP contribution in [-0.4, -0.2) is 9.38 Å². The Bertz CT molecular complexity index is 2150. The van der Waals surface area contributed by atoms with E-state index in [1.54, 1.807) is 0 Å². The Morgan fingerprint density at radius 3 is 2.38 bits per heavy atom. The van der Waals surface area contributed by atoms with Crippen molar-refractivity contribution in [2.24, 2.45) is 5.41 Å². The zero-order chi connectivity index (χ0) is 24.9. The molecule has 0 aliphatic rings. The first-order valence-electron chi connectivity index (χ1n) is 12.9. The summed E-state index contributed by atoms with van der Waals surface area (Å²) in [6.07, 6.45) is 3.00. The van der Waals surface area contributed by atoms with E-state index in [0.717, 1.165) is 12.1 Å². The first-order chi connectivity index (χ1) is 18.0. The smallest absolute Gasteiger partial charge is 0.0704 e. The Balaban J connectivity index is 1.48. The number of rotatable bonds is 2. The summed E-state index contributed by atoms with van der Waals surface area (Å²) in [6.45, 7) is 6.87. The van der Waals surface area contributed by atoms with Gasteiger partial charge in [0.15, 0.2) is 0 Å². The van der Waals surface area contributed by atoms with Crippen molar-refractivity contribution in [1.29, 1.82) is 0 Å². The third-order valence-electron chi connectivity index (χ3n) is 7.66. The molecule has 4 aromatic carbocycles. The van der Waals surface area contributed by atoms with E-state index >= 15 is 0 Å². The monoisotopic (exact) mass is 494 g/mol. The highest BCUT2D eigenvalue weighted by atomic mass is 32.1. The van der Waals surface area contributed by atoms with Gasteiger partial charge in [-0.05, 0) is 59.9 Å². The highest BCUT2D eigenvalue weighted by Crippen LogP contribution is 2.47. The quantitative estimate of drug-likeness (QED) is 0.234. The summed E-state index contributed by atoms with van der Waals surface area (Å²) >= 11 is 1.92. The van der Waals surface area contributed by atoms with Crippen LogP contribution in [-0.2, 0) is 6.42 Å². The Labute approximate surface area is 219 Å². The molecule has 0 N–H and O–H groups in total. The molecule has 0 bridgehead atoms. The lowest BCUT2D eigenvalue weighted by molar-refractivity contribution is 0.411. The minimum Gasteiger partial charge on any atom is -0.308 e. The molecule has 4 heterocycles. The molecule has 178 valence electrons. The first-order valence-corrected chi connectivity index (χ1v) is 13.8. The van der Waals surface area contributed by atoms with Gasteiger partial charge in [-0.2, -0.15) is 0 Å². The van der Waals surface area contributed by atoms with Crippen LogP contribution in [0.3, 0.4) is 0 Å². The van der Waals surface area contributed by atoms with Crippen LogP contribution in [0.15, 0.2) is 91.1 Å². The number of benzene rings is 4. The summed E-state index contributed by atoms with van der Waals surface area (Å²) in [5.41, 5.74) is 7.67. The summed E-state index contributed by atoms with van der Waals surface area (Å²) in [7, 11) is 0. The Morgan fingerprint density at radius 1 is 0.730 bits per heavy atom. The molecule has 0 radical (unpaired) electrons. The Kier molecular flexibility index (Phi) is 4.18. The molecule has 3 heteroatoms. The maximum Gasteiger partial charge on any atom is 0.0704 e. The van der Waals surface area contributed by atoms with Gasteiger partial charge in [0.25, 0.3) is 0 Å². The molecular formula is C34H26N2S. The second-order valence-electron chi connectivity index (χ2n) is 11.5. The standard InChI is InChI=1S/C34H26N2S/c1-34(2,3)19-20-14-15-35-27(16-20)21-12-13-29-24(17-21)25-18-26-22-8-5-7-11-30(22)37-33(26)31-23-9-4-6-10-28(23)36(29)32(25)31/h4-18H,19H2,1-3H3. The minimum absolute atomic E-state index is 0.242. The van der Waals surface area contributed by atoms with Gasteiger partial charge in [-0.25, -0.2) is 0 Å². The molecule has 8 aromatic rings. The lowest BCUT2D eigenvalue weighted by atomic mass is 9.88. The largest absolute Gasteiger partial charge is 0.308 e. The maximum atomic E-state index is 4.78. The van der Waals surface area contributed by atoms with Crippen molar-refractivity contribution in [3.8, 4) is 11.3 Å². The summed E-state index contributed by atoms with van der Waals surface area (Å²) < 4.78 is 5.22. The zero-order valence-electron chi connectivity index (χ0n) is 21.2. The number of hydrogen-bond acceptors (Lipinski definition) is 2. The number of aromatic nitrogens is 2.